The molecule has 1 N–H and O–H groups in total. The summed E-state index contributed by atoms with van der Waals surface area (Å²) < 4.78 is 0. The van der Waals surface area contributed by atoms with E-state index in [1.54, 1.807) is 6.20 Å². The van der Waals surface area contributed by atoms with Crippen LogP contribution in [-0.4, -0.2) is 11.0 Å². The summed E-state index contributed by atoms with van der Waals surface area (Å²) in [5.41, 5.74) is 0.950. The molecule has 1 unspecified atom stereocenters. The third-order valence-corrected chi connectivity index (χ3v) is 3.37. The quantitative estimate of drug-likeness (QED) is 0.789. The van der Waals surface area contributed by atoms with E-state index in [0.717, 1.165) is 11.6 Å². The Labute approximate surface area is 96.1 Å². The Hall–Kier alpha value is -0.760. The maximum absolute atomic E-state index is 5.98. The van der Waals surface area contributed by atoms with Crippen molar-refractivity contribution in [3.05, 3.63) is 23.5 Å². The van der Waals surface area contributed by atoms with Gasteiger partial charge in [0, 0.05) is 12.2 Å². The Balaban J connectivity index is 1.87. The molecule has 1 aromatic heterocycles. The molecular formula is C12H17ClN2. The maximum atomic E-state index is 5.98. The van der Waals surface area contributed by atoms with Crippen LogP contribution in [0.25, 0.3) is 0 Å². The van der Waals surface area contributed by atoms with Crippen LogP contribution in [0, 0.1) is 5.92 Å². The Bertz CT molecular complexity index is 323. The summed E-state index contributed by atoms with van der Waals surface area (Å²) in [6, 6.07) is 4.37. The zero-order valence-electron chi connectivity index (χ0n) is 9.04. The first-order valence-corrected chi connectivity index (χ1v) is 6.00. The minimum atomic E-state index is 0.483. The number of nitrogens with one attached hydrogen (secondary N) is 1. The highest BCUT2D eigenvalue weighted by atomic mass is 35.5. The van der Waals surface area contributed by atoms with Crippen molar-refractivity contribution in [3.63, 3.8) is 0 Å². The fraction of sp³-hybridized carbons (Fsp3) is 0.583. The smallest absolute Gasteiger partial charge is 0.152 e. The van der Waals surface area contributed by atoms with E-state index >= 15 is 0 Å². The average Bonchev–Trinajstić information content (AvgIpc) is 2.16. The third kappa shape index (κ3) is 2.85. The standard InChI is InChI=1S/C12H17ClN2/c1-9(8-10-4-2-5-10)15-11-6-3-7-14-12(11)13/h3,6-7,9-10,15H,2,4-5,8H2,1H3. The van der Waals surface area contributed by atoms with Gasteiger partial charge in [0.25, 0.3) is 0 Å². The number of anilines is 1. The lowest BCUT2D eigenvalue weighted by molar-refractivity contribution is 0.286. The lowest BCUT2D eigenvalue weighted by Crippen LogP contribution is -2.23. The van der Waals surface area contributed by atoms with Gasteiger partial charge >= 0.3 is 0 Å². The molecule has 1 atom stereocenters. The van der Waals surface area contributed by atoms with Crippen LogP contribution in [0.1, 0.15) is 32.6 Å². The van der Waals surface area contributed by atoms with Gasteiger partial charge in [-0.2, -0.15) is 0 Å². The van der Waals surface area contributed by atoms with Crippen LogP contribution in [0.4, 0.5) is 5.69 Å². The molecule has 0 saturated heterocycles. The predicted octanol–water partition coefficient (Wildman–Crippen LogP) is 3.73. The van der Waals surface area contributed by atoms with Crippen molar-refractivity contribution in [2.24, 2.45) is 5.92 Å². The molecule has 2 rings (SSSR count). The molecule has 0 bridgehead atoms. The summed E-state index contributed by atoms with van der Waals surface area (Å²) in [7, 11) is 0. The highest BCUT2D eigenvalue weighted by Gasteiger charge is 2.20. The number of hydrogen-bond acceptors (Lipinski definition) is 2. The molecular weight excluding hydrogens is 208 g/mol. The van der Waals surface area contributed by atoms with Gasteiger partial charge in [-0.05, 0) is 31.4 Å². The van der Waals surface area contributed by atoms with Crippen LogP contribution in [0.2, 0.25) is 5.15 Å². The third-order valence-electron chi connectivity index (χ3n) is 3.07. The number of aromatic nitrogens is 1. The number of rotatable bonds is 4. The van der Waals surface area contributed by atoms with Crippen molar-refractivity contribution in [1.29, 1.82) is 0 Å². The molecule has 1 fully saturated rings. The largest absolute Gasteiger partial charge is 0.380 e. The summed E-state index contributed by atoms with van der Waals surface area (Å²) >= 11 is 5.98. The molecule has 0 amide bonds. The van der Waals surface area contributed by atoms with Crippen LogP contribution in [0.5, 0.6) is 0 Å². The first kappa shape index (κ1) is 10.7. The van der Waals surface area contributed by atoms with Gasteiger partial charge in [-0.25, -0.2) is 4.98 Å². The molecule has 2 nitrogen and oxygen atoms in total. The van der Waals surface area contributed by atoms with Crippen LogP contribution >= 0.6 is 11.6 Å². The number of nitrogens with zero attached hydrogens (tertiary/aromatic N) is 1. The van der Waals surface area contributed by atoms with Gasteiger partial charge in [-0.15, -0.1) is 0 Å². The molecule has 1 aromatic rings. The van der Waals surface area contributed by atoms with Gasteiger partial charge in [0.15, 0.2) is 5.15 Å². The van der Waals surface area contributed by atoms with Crippen molar-refractivity contribution in [3.8, 4) is 0 Å². The topological polar surface area (TPSA) is 24.9 Å². The fourth-order valence-electron chi connectivity index (χ4n) is 2.05. The molecule has 0 aromatic carbocycles. The van der Waals surface area contributed by atoms with Crippen molar-refractivity contribution in [2.75, 3.05) is 5.32 Å². The van der Waals surface area contributed by atoms with Crippen LogP contribution in [-0.2, 0) is 0 Å². The van der Waals surface area contributed by atoms with E-state index in [0.29, 0.717) is 11.2 Å². The van der Waals surface area contributed by atoms with E-state index in [9.17, 15) is 0 Å². The molecule has 0 aliphatic heterocycles. The lowest BCUT2D eigenvalue weighted by atomic mass is 9.81. The number of hydrogen-bond donors (Lipinski definition) is 1. The Morgan fingerprint density at radius 3 is 3.00 bits per heavy atom. The molecule has 0 radical (unpaired) electrons. The van der Waals surface area contributed by atoms with Crippen LogP contribution in [0.3, 0.4) is 0 Å². The Morgan fingerprint density at radius 2 is 2.40 bits per heavy atom. The summed E-state index contributed by atoms with van der Waals surface area (Å²) in [6.07, 6.45) is 7.15. The van der Waals surface area contributed by atoms with E-state index in [1.807, 2.05) is 12.1 Å². The zero-order chi connectivity index (χ0) is 10.7. The van der Waals surface area contributed by atoms with Crippen LogP contribution in [0.15, 0.2) is 18.3 Å². The van der Waals surface area contributed by atoms with E-state index in [-0.39, 0.29) is 0 Å². The summed E-state index contributed by atoms with van der Waals surface area (Å²) in [4.78, 5) is 4.05. The first-order chi connectivity index (χ1) is 7.25. The van der Waals surface area contributed by atoms with Crippen molar-refractivity contribution >= 4 is 17.3 Å². The lowest BCUT2D eigenvalue weighted by Gasteiger charge is -2.28. The molecule has 3 heteroatoms. The second-order valence-corrected chi connectivity index (χ2v) is 4.78. The molecule has 15 heavy (non-hydrogen) atoms. The first-order valence-electron chi connectivity index (χ1n) is 5.63. The summed E-state index contributed by atoms with van der Waals surface area (Å²) in [5, 5.41) is 3.98. The SMILES string of the molecule is CC(CC1CCC1)Nc1cccnc1Cl. The average molecular weight is 225 g/mol. The summed E-state index contributed by atoms with van der Waals surface area (Å²) in [5.74, 6) is 0.919. The van der Waals surface area contributed by atoms with Gasteiger partial charge in [0.2, 0.25) is 0 Å². The zero-order valence-corrected chi connectivity index (χ0v) is 9.80. The Morgan fingerprint density at radius 1 is 1.60 bits per heavy atom. The van der Waals surface area contributed by atoms with Gasteiger partial charge in [0.05, 0.1) is 5.69 Å². The van der Waals surface area contributed by atoms with Gasteiger partial charge in [-0.3, -0.25) is 0 Å². The fourth-order valence-corrected chi connectivity index (χ4v) is 2.22. The second kappa shape index (κ2) is 4.84. The molecule has 0 spiro atoms. The minimum absolute atomic E-state index is 0.483. The van der Waals surface area contributed by atoms with E-state index in [2.05, 4.69) is 17.2 Å². The highest BCUT2D eigenvalue weighted by Crippen LogP contribution is 2.31. The Kier molecular flexibility index (Phi) is 3.47. The van der Waals surface area contributed by atoms with Crippen molar-refractivity contribution in [1.82, 2.24) is 4.98 Å². The molecule has 82 valence electrons. The van der Waals surface area contributed by atoms with E-state index in [1.165, 1.54) is 25.7 Å². The predicted molar refractivity (Wildman–Crippen MR) is 64.3 cm³/mol. The molecule has 1 aliphatic carbocycles. The number of pyridine rings is 1. The second-order valence-electron chi connectivity index (χ2n) is 4.42. The maximum Gasteiger partial charge on any atom is 0.152 e. The van der Waals surface area contributed by atoms with Crippen molar-refractivity contribution < 1.29 is 0 Å². The van der Waals surface area contributed by atoms with Crippen molar-refractivity contribution in [2.45, 2.75) is 38.6 Å². The van der Waals surface area contributed by atoms with Crippen LogP contribution < -0.4 is 5.32 Å². The molecule has 1 heterocycles. The van der Waals surface area contributed by atoms with E-state index < -0.39 is 0 Å². The molecule has 1 aliphatic rings. The minimum Gasteiger partial charge on any atom is -0.380 e. The summed E-state index contributed by atoms with van der Waals surface area (Å²) in [6.45, 7) is 2.21. The van der Waals surface area contributed by atoms with E-state index in [4.69, 9.17) is 11.6 Å². The monoisotopic (exact) mass is 224 g/mol. The highest BCUT2D eigenvalue weighted by molar-refractivity contribution is 6.31. The van der Waals surface area contributed by atoms with Gasteiger partial charge in [0.1, 0.15) is 0 Å². The van der Waals surface area contributed by atoms with Gasteiger partial charge < -0.3 is 5.32 Å². The van der Waals surface area contributed by atoms with Gasteiger partial charge in [-0.1, -0.05) is 30.9 Å². The molecule has 1 saturated carbocycles. The number of halogens is 1. The normalized spacial score (nSPS) is 18.3.